The zero-order valence-corrected chi connectivity index (χ0v) is 14.9. The second-order valence-corrected chi connectivity index (χ2v) is 5.34. The fourth-order valence-corrected chi connectivity index (χ4v) is 2.42. The minimum atomic E-state index is -0.549. The number of nitrogens with one attached hydrogen (secondary N) is 1. The van der Waals surface area contributed by atoms with E-state index in [9.17, 15) is 10.1 Å². The molecule has 0 bridgehead atoms. The van der Waals surface area contributed by atoms with Crippen LogP contribution in [0, 0.1) is 11.3 Å². The quantitative estimate of drug-likeness (QED) is 0.606. The summed E-state index contributed by atoms with van der Waals surface area (Å²) in [6, 6.07) is 15.1. The van der Waals surface area contributed by atoms with Crippen molar-refractivity contribution in [2.45, 2.75) is 6.42 Å². The summed E-state index contributed by atoms with van der Waals surface area (Å²) in [7, 11) is 4.22. The van der Waals surface area contributed by atoms with E-state index in [1.807, 2.05) is 30.3 Å². The van der Waals surface area contributed by atoms with E-state index in [0.717, 1.165) is 11.3 Å². The maximum Gasteiger partial charge on any atom is 0.345 e. The van der Waals surface area contributed by atoms with Crippen molar-refractivity contribution in [2.75, 3.05) is 26.6 Å². The number of methoxy groups -OCH3 is 3. The lowest BCUT2D eigenvalue weighted by atomic mass is 10.0. The third-order valence-corrected chi connectivity index (χ3v) is 3.68. The average molecular weight is 352 g/mol. The lowest BCUT2D eigenvalue weighted by Gasteiger charge is -2.14. The minimum Gasteiger partial charge on any atom is -0.496 e. The molecule has 6 nitrogen and oxygen atoms in total. The van der Waals surface area contributed by atoms with Crippen molar-refractivity contribution in [1.82, 2.24) is 0 Å². The number of rotatable bonds is 7. The number of ether oxygens (including phenoxy) is 3. The Morgan fingerprint density at radius 1 is 1.12 bits per heavy atom. The largest absolute Gasteiger partial charge is 0.496 e. The standard InChI is InChI=1S/C20H20N2O4/c1-24-17-10-14(11-18(25-2)19(17)20(23)26-3)9-15(12-21)13-22-16-7-5-4-6-8-16/h4-8,10-11,13,22H,9H2,1-3H3/b15-13-. The molecule has 0 saturated carbocycles. The zero-order chi connectivity index (χ0) is 18.9. The van der Waals surface area contributed by atoms with Gasteiger partial charge >= 0.3 is 5.97 Å². The minimum absolute atomic E-state index is 0.214. The summed E-state index contributed by atoms with van der Waals surface area (Å²) in [5, 5.41) is 12.5. The van der Waals surface area contributed by atoms with Gasteiger partial charge < -0.3 is 19.5 Å². The summed E-state index contributed by atoms with van der Waals surface area (Å²) in [4.78, 5) is 12.0. The van der Waals surface area contributed by atoms with Gasteiger partial charge in [-0.3, -0.25) is 0 Å². The van der Waals surface area contributed by atoms with Gasteiger partial charge in [-0.25, -0.2) is 4.79 Å². The number of hydrogen-bond acceptors (Lipinski definition) is 6. The van der Waals surface area contributed by atoms with Crippen LogP contribution in [0.5, 0.6) is 11.5 Å². The Hall–Kier alpha value is -3.46. The molecule has 6 heteroatoms. The van der Waals surface area contributed by atoms with Gasteiger partial charge in [-0.1, -0.05) is 18.2 Å². The summed E-state index contributed by atoms with van der Waals surface area (Å²) < 4.78 is 15.4. The molecule has 1 N–H and O–H groups in total. The molecule has 0 atom stereocenters. The number of carbonyl (C=O) groups excluding carboxylic acids is 1. The third-order valence-electron chi connectivity index (χ3n) is 3.68. The molecule has 2 aromatic rings. The molecule has 0 saturated heterocycles. The first-order valence-electron chi connectivity index (χ1n) is 7.86. The van der Waals surface area contributed by atoms with Gasteiger partial charge in [-0.15, -0.1) is 0 Å². The van der Waals surface area contributed by atoms with E-state index in [-0.39, 0.29) is 5.56 Å². The first-order valence-corrected chi connectivity index (χ1v) is 7.86. The number of nitrogens with zero attached hydrogens (tertiary/aromatic N) is 1. The van der Waals surface area contributed by atoms with Crippen LogP contribution in [-0.2, 0) is 11.2 Å². The number of para-hydroxylation sites is 1. The Labute approximate surface area is 152 Å². The summed E-state index contributed by atoms with van der Waals surface area (Å²) in [5.74, 6) is 0.117. The van der Waals surface area contributed by atoms with Crippen LogP contribution < -0.4 is 14.8 Å². The van der Waals surface area contributed by atoms with Crippen molar-refractivity contribution in [3.63, 3.8) is 0 Å². The number of carbonyl (C=O) groups is 1. The van der Waals surface area contributed by atoms with Crippen molar-refractivity contribution in [2.24, 2.45) is 0 Å². The highest BCUT2D eigenvalue weighted by Gasteiger charge is 2.20. The van der Waals surface area contributed by atoms with Crippen LogP contribution in [0.4, 0.5) is 5.69 Å². The van der Waals surface area contributed by atoms with Crippen LogP contribution in [0.3, 0.4) is 0 Å². The lowest BCUT2D eigenvalue weighted by Crippen LogP contribution is -2.08. The highest BCUT2D eigenvalue weighted by Crippen LogP contribution is 2.32. The molecular weight excluding hydrogens is 332 g/mol. The maximum atomic E-state index is 12.0. The van der Waals surface area contributed by atoms with E-state index in [4.69, 9.17) is 14.2 Å². The number of nitriles is 1. The van der Waals surface area contributed by atoms with Crippen molar-refractivity contribution in [1.29, 1.82) is 5.26 Å². The number of anilines is 1. The molecule has 0 aromatic heterocycles. The Kier molecular flexibility index (Phi) is 6.63. The highest BCUT2D eigenvalue weighted by molar-refractivity contribution is 5.95. The fraction of sp³-hybridized carbons (Fsp3) is 0.200. The molecule has 0 aliphatic rings. The normalized spacial score (nSPS) is 10.6. The molecule has 0 spiro atoms. The van der Waals surface area contributed by atoms with Crippen LogP contribution in [0.15, 0.2) is 54.2 Å². The van der Waals surface area contributed by atoms with E-state index < -0.39 is 5.97 Å². The topological polar surface area (TPSA) is 80.6 Å². The van der Waals surface area contributed by atoms with Gasteiger partial charge in [0.1, 0.15) is 17.1 Å². The smallest absolute Gasteiger partial charge is 0.345 e. The second kappa shape index (κ2) is 9.14. The number of benzene rings is 2. The Balaban J connectivity index is 2.30. The summed E-state index contributed by atoms with van der Waals surface area (Å²) >= 11 is 0. The average Bonchev–Trinajstić information content (AvgIpc) is 2.70. The fourth-order valence-electron chi connectivity index (χ4n) is 2.42. The first-order chi connectivity index (χ1) is 12.6. The van der Waals surface area contributed by atoms with Crippen LogP contribution in [0.2, 0.25) is 0 Å². The molecule has 0 amide bonds. The maximum absolute atomic E-state index is 12.0. The lowest BCUT2D eigenvalue weighted by molar-refractivity contribution is 0.0593. The van der Waals surface area contributed by atoms with Crippen molar-refractivity contribution in [3.05, 3.63) is 65.4 Å². The molecule has 0 unspecified atom stereocenters. The SMILES string of the molecule is COC(=O)c1c(OC)cc(C/C(C#N)=C/Nc2ccccc2)cc1OC. The molecule has 0 aliphatic carbocycles. The van der Waals surface area contributed by atoms with E-state index >= 15 is 0 Å². The molecule has 0 aliphatic heterocycles. The van der Waals surface area contributed by atoms with Gasteiger partial charge in [-0.2, -0.15) is 5.26 Å². The predicted molar refractivity (Wildman–Crippen MR) is 98.4 cm³/mol. The highest BCUT2D eigenvalue weighted by atomic mass is 16.5. The molecule has 26 heavy (non-hydrogen) atoms. The molecule has 0 radical (unpaired) electrons. The number of allylic oxidation sites excluding steroid dienone is 1. The van der Waals surface area contributed by atoms with Gasteiger partial charge in [0.05, 0.1) is 27.4 Å². The van der Waals surface area contributed by atoms with Gasteiger partial charge in [-0.05, 0) is 29.8 Å². The summed E-state index contributed by atoms with van der Waals surface area (Å²) in [5.41, 5.74) is 2.39. The van der Waals surface area contributed by atoms with E-state index in [0.29, 0.717) is 23.5 Å². The van der Waals surface area contributed by atoms with Crippen molar-refractivity contribution >= 4 is 11.7 Å². The zero-order valence-electron chi connectivity index (χ0n) is 14.9. The molecule has 2 aromatic carbocycles. The van der Waals surface area contributed by atoms with Gasteiger partial charge in [0, 0.05) is 23.9 Å². The molecule has 0 heterocycles. The van der Waals surface area contributed by atoms with Crippen molar-refractivity contribution < 1.29 is 19.0 Å². The number of hydrogen-bond donors (Lipinski definition) is 1. The van der Waals surface area contributed by atoms with Crippen LogP contribution in [0.1, 0.15) is 15.9 Å². The van der Waals surface area contributed by atoms with Gasteiger partial charge in [0.25, 0.3) is 0 Å². The van der Waals surface area contributed by atoms with Crippen LogP contribution >= 0.6 is 0 Å². The van der Waals surface area contributed by atoms with Gasteiger partial charge in [0.2, 0.25) is 0 Å². The van der Waals surface area contributed by atoms with Crippen LogP contribution in [0.25, 0.3) is 0 Å². The van der Waals surface area contributed by atoms with Gasteiger partial charge in [0.15, 0.2) is 0 Å². The Morgan fingerprint density at radius 3 is 2.23 bits per heavy atom. The van der Waals surface area contributed by atoms with Crippen LogP contribution in [-0.4, -0.2) is 27.3 Å². The Morgan fingerprint density at radius 2 is 1.73 bits per heavy atom. The number of esters is 1. The second-order valence-electron chi connectivity index (χ2n) is 5.34. The molecular formula is C20H20N2O4. The Bertz CT molecular complexity index is 814. The summed E-state index contributed by atoms with van der Waals surface area (Å²) in [6.07, 6.45) is 2.01. The van der Waals surface area contributed by atoms with Crippen molar-refractivity contribution in [3.8, 4) is 17.6 Å². The first kappa shape index (κ1) is 18.9. The summed E-state index contributed by atoms with van der Waals surface area (Å²) in [6.45, 7) is 0. The molecule has 134 valence electrons. The van der Waals surface area contributed by atoms with E-state index in [1.54, 1.807) is 18.3 Å². The van der Waals surface area contributed by atoms with E-state index in [2.05, 4.69) is 11.4 Å². The molecule has 2 rings (SSSR count). The predicted octanol–water partition coefficient (Wildman–Crippen LogP) is 3.55. The third kappa shape index (κ3) is 4.54. The van der Waals surface area contributed by atoms with E-state index in [1.165, 1.54) is 21.3 Å². The monoisotopic (exact) mass is 352 g/mol. The molecule has 0 fully saturated rings.